The normalized spacial score (nSPS) is 16.5. The monoisotopic (exact) mass is 365 g/mol. The summed E-state index contributed by atoms with van der Waals surface area (Å²) in [5.74, 6) is 1.01. The van der Waals surface area contributed by atoms with Gasteiger partial charge < -0.3 is 19.3 Å². The van der Waals surface area contributed by atoms with Crippen molar-refractivity contribution in [3.05, 3.63) is 60.0 Å². The molecule has 1 aliphatic heterocycles. The lowest BCUT2D eigenvalue weighted by molar-refractivity contribution is 0.0709. The van der Waals surface area contributed by atoms with Crippen LogP contribution >= 0.6 is 0 Å². The van der Waals surface area contributed by atoms with E-state index in [2.05, 4.69) is 10.1 Å². The smallest absolute Gasteiger partial charge is 0.254 e. The molecule has 1 fully saturated rings. The van der Waals surface area contributed by atoms with Crippen molar-refractivity contribution >= 4 is 5.91 Å². The third-order valence-electron chi connectivity index (χ3n) is 4.70. The van der Waals surface area contributed by atoms with Gasteiger partial charge in [0.2, 0.25) is 11.7 Å². The second-order valence-corrected chi connectivity index (χ2v) is 6.37. The lowest BCUT2D eigenvalue weighted by atomic mass is 10.1. The fourth-order valence-electron chi connectivity index (χ4n) is 3.33. The Labute approximate surface area is 156 Å². The Morgan fingerprint density at radius 2 is 2.07 bits per heavy atom. The molecule has 0 saturated carbocycles. The molecule has 0 bridgehead atoms. The minimum atomic E-state index is -0.272. The first kappa shape index (κ1) is 17.1. The Balaban J connectivity index is 1.58. The summed E-state index contributed by atoms with van der Waals surface area (Å²) >= 11 is 0. The first-order valence-corrected chi connectivity index (χ1v) is 8.74. The standard InChI is InChI=1S/C20H19N3O4/c1-26-17-10-9-14(12-16(17)24)20(25)23-11-5-8-15(23)19-21-18(22-27-19)13-6-3-2-4-7-13/h2-4,6-7,9-10,12,15,24H,5,8,11H2,1H3/t15-/m0/s1. The summed E-state index contributed by atoms with van der Waals surface area (Å²) < 4.78 is 10.5. The second kappa shape index (κ2) is 7.11. The number of carbonyl (C=O) groups is 1. The van der Waals surface area contributed by atoms with Crippen molar-refractivity contribution in [3.63, 3.8) is 0 Å². The summed E-state index contributed by atoms with van der Waals surface area (Å²) in [7, 11) is 1.47. The highest BCUT2D eigenvalue weighted by molar-refractivity contribution is 5.95. The number of benzene rings is 2. The Morgan fingerprint density at radius 1 is 1.26 bits per heavy atom. The van der Waals surface area contributed by atoms with Crippen molar-refractivity contribution in [2.75, 3.05) is 13.7 Å². The molecule has 1 atom stereocenters. The summed E-state index contributed by atoms with van der Waals surface area (Å²) in [5.41, 5.74) is 1.26. The molecule has 2 aromatic carbocycles. The van der Waals surface area contributed by atoms with Gasteiger partial charge in [-0.05, 0) is 31.0 Å². The lowest BCUT2D eigenvalue weighted by Crippen LogP contribution is -2.30. The number of amides is 1. The first-order chi connectivity index (χ1) is 13.2. The molecule has 1 amide bonds. The number of hydrogen-bond donors (Lipinski definition) is 1. The topological polar surface area (TPSA) is 88.7 Å². The van der Waals surface area contributed by atoms with Crippen molar-refractivity contribution in [1.82, 2.24) is 15.0 Å². The van der Waals surface area contributed by atoms with Gasteiger partial charge in [-0.2, -0.15) is 4.98 Å². The zero-order valence-corrected chi connectivity index (χ0v) is 14.8. The molecule has 3 aromatic rings. The zero-order valence-electron chi connectivity index (χ0n) is 14.8. The molecule has 0 spiro atoms. The van der Waals surface area contributed by atoms with Crippen LogP contribution in [-0.2, 0) is 0 Å². The molecule has 4 rings (SSSR count). The quantitative estimate of drug-likeness (QED) is 0.762. The third-order valence-corrected chi connectivity index (χ3v) is 4.70. The predicted molar refractivity (Wildman–Crippen MR) is 97.4 cm³/mol. The molecule has 0 aliphatic carbocycles. The number of rotatable bonds is 4. The maximum atomic E-state index is 12.9. The predicted octanol–water partition coefficient (Wildman–Crippen LogP) is 3.43. The second-order valence-electron chi connectivity index (χ2n) is 6.37. The molecule has 7 nitrogen and oxygen atoms in total. The maximum Gasteiger partial charge on any atom is 0.254 e. The molecule has 1 aromatic heterocycles. The van der Waals surface area contributed by atoms with Crippen molar-refractivity contribution in [2.24, 2.45) is 0 Å². The number of phenols is 1. The Bertz CT molecular complexity index is 955. The van der Waals surface area contributed by atoms with Crippen LogP contribution in [-0.4, -0.2) is 39.7 Å². The molecule has 138 valence electrons. The lowest BCUT2D eigenvalue weighted by Gasteiger charge is -2.22. The fourth-order valence-corrected chi connectivity index (χ4v) is 3.33. The van der Waals surface area contributed by atoms with Crippen LogP contribution in [0.5, 0.6) is 11.5 Å². The van der Waals surface area contributed by atoms with E-state index in [1.165, 1.54) is 13.2 Å². The van der Waals surface area contributed by atoms with Crippen molar-refractivity contribution in [3.8, 4) is 22.9 Å². The van der Waals surface area contributed by atoms with Gasteiger partial charge >= 0.3 is 0 Å². The number of aromatic nitrogens is 2. The van der Waals surface area contributed by atoms with Crippen LogP contribution in [0.15, 0.2) is 53.1 Å². The highest BCUT2D eigenvalue weighted by Crippen LogP contribution is 2.34. The van der Waals surface area contributed by atoms with Gasteiger partial charge in [0.25, 0.3) is 5.91 Å². The summed E-state index contributed by atoms with van der Waals surface area (Å²) in [6.07, 6.45) is 1.60. The molecule has 1 aliphatic rings. The van der Waals surface area contributed by atoms with E-state index in [4.69, 9.17) is 9.26 Å². The average Bonchev–Trinajstić information content (AvgIpc) is 3.37. The van der Waals surface area contributed by atoms with E-state index in [1.807, 2.05) is 30.3 Å². The van der Waals surface area contributed by atoms with E-state index in [0.717, 1.165) is 18.4 Å². The van der Waals surface area contributed by atoms with Gasteiger partial charge in [0, 0.05) is 17.7 Å². The number of methoxy groups -OCH3 is 1. The van der Waals surface area contributed by atoms with E-state index in [9.17, 15) is 9.90 Å². The van der Waals surface area contributed by atoms with E-state index >= 15 is 0 Å². The summed E-state index contributed by atoms with van der Waals surface area (Å²) in [4.78, 5) is 19.1. The van der Waals surface area contributed by atoms with Crippen LogP contribution in [0.25, 0.3) is 11.4 Å². The average molecular weight is 365 g/mol. The molecule has 1 N–H and O–H groups in total. The minimum Gasteiger partial charge on any atom is -0.504 e. The van der Waals surface area contributed by atoms with E-state index in [1.54, 1.807) is 17.0 Å². The van der Waals surface area contributed by atoms with Crippen LogP contribution in [0, 0.1) is 0 Å². The minimum absolute atomic E-state index is 0.0664. The summed E-state index contributed by atoms with van der Waals surface area (Å²) in [6.45, 7) is 0.597. The number of hydrogen-bond acceptors (Lipinski definition) is 6. The number of nitrogens with zero attached hydrogens (tertiary/aromatic N) is 3. The molecule has 7 heteroatoms. The Hall–Kier alpha value is -3.35. The molecular formula is C20H19N3O4. The maximum absolute atomic E-state index is 12.9. The van der Waals surface area contributed by atoms with Gasteiger partial charge in [0.05, 0.1) is 7.11 Å². The van der Waals surface area contributed by atoms with Crippen LogP contribution < -0.4 is 4.74 Å². The number of carbonyl (C=O) groups excluding carboxylic acids is 1. The van der Waals surface area contributed by atoms with Crippen molar-refractivity contribution < 1.29 is 19.2 Å². The largest absolute Gasteiger partial charge is 0.504 e. The first-order valence-electron chi connectivity index (χ1n) is 8.74. The van der Waals surface area contributed by atoms with Gasteiger partial charge in [-0.15, -0.1) is 0 Å². The number of ether oxygens (including phenoxy) is 1. The summed E-state index contributed by atoms with van der Waals surface area (Å²) in [5, 5.41) is 14.0. The number of likely N-dealkylation sites (tertiary alicyclic amines) is 1. The van der Waals surface area contributed by atoms with Crippen LogP contribution in [0.3, 0.4) is 0 Å². The van der Waals surface area contributed by atoms with Crippen LogP contribution in [0.1, 0.15) is 35.1 Å². The van der Waals surface area contributed by atoms with E-state index in [-0.39, 0.29) is 17.7 Å². The van der Waals surface area contributed by atoms with Gasteiger partial charge in [-0.3, -0.25) is 4.79 Å². The van der Waals surface area contributed by atoms with Gasteiger partial charge in [-0.1, -0.05) is 35.5 Å². The van der Waals surface area contributed by atoms with E-state index in [0.29, 0.717) is 29.6 Å². The molecule has 2 heterocycles. The number of phenolic OH excluding ortho intramolecular Hbond substituents is 1. The van der Waals surface area contributed by atoms with Gasteiger partial charge in [0.15, 0.2) is 11.5 Å². The van der Waals surface area contributed by atoms with E-state index < -0.39 is 0 Å². The Morgan fingerprint density at radius 3 is 2.81 bits per heavy atom. The van der Waals surface area contributed by atoms with Crippen molar-refractivity contribution in [1.29, 1.82) is 0 Å². The van der Waals surface area contributed by atoms with Crippen LogP contribution in [0.2, 0.25) is 0 Å². The summed E-state index contributed by atoms with van der Waals surface area (Å²) in [6, 6.07) is 13.9. The highest BCUT2D eigenvalue weighted by Gasteiger charge is 2.34. The molecule has 0 unspecified atom stereocenters. The fraction of sp³-hybridized carbons (Fsp3) is 0.250. The molecule has 1 saturated heterocycles. The van der Waals surface area contributed by atoms with Crippen LogP contribution in [0.4, 0.5) is 0 Å². The van der Waals surface area contributed by atoms with Gasteiger partial charge in [0.1, 0.15) is 6.04 Å². The third kappa shape index (κ3) is 3.23. The van der Waals surface area contributed by atoms with Gasteiger partial charge in [-0.25, -0.2) is 0 Å². The Kier molecular flexibility index (Phi) is 4.50. The van der Waals surface area contributed by atoms with Crippen molar-refractivity contribution in [2.45, 2.75) is 18.9 Å². The number of aromatic hydroxyl groups is 1. The SMILES string of the molecule is COc1ccc(C(=O)N2CCC[C@H]2c2nc(-c3ccccc3)no2)cc1O. The molecular weight excluding hydrogens is 346 g/mol. The molecule has 27 heavy (non-hydrogen) atoms. The molecule has 0 radical (unpaired) electrons. The highest BCUT2D eigenvalue weighted by atomic mass is 16.5. The zero-order chi connectivity index (χ0) is 18.8.